The highest BCUT2D eigenvalue weighted by Gasteiger charge is 2.19. The van der Waals surface area contributed by atoms with Gasteiger partial charge in [0.05, 0.1) is 17.9 Å². The molecule has 0 amide bonds. The molecule has 20 heavy (non-hydrogen) atoms. The number of nitrogens with two attached hydrogens (primary N) is 1. The summed E-state index contributed by atoms with van der Waals surface area (Å²) in [6, 6.07) is 11.7. The highest BCUT2D eigenvalue weighted by atomic mass is 32.1. The SMILES string of the molecule is Cc1sccc1C(NN)c1cnn(-c2ccccc2)n1. The summed E-state index contributed by atoms with van der Waals surface area (Å²) in [6.07, 6.45) is 1.74. The van der Waals surface area contributed by atoms with E-state index in [1.807, 2.05) is 30.3 Å². The van der Waals surface area contributed by atoms with Gasteiger partial charge < -0.3 is 0 Å². The molecule has 102 valence electrons. The molecular weight excluding hydrogens is 270 g/mol. The van der Waals surface area contributed by atoms with Gasteiger partial charge in [-0.15, -0.1) is 11.3 Å². The number of hydrogen-bond donors (Lipinski definition) is 2. The summed E-state index contributed by atoms with van der Waals surface area (Å²) < 4.78 is 0. The van der Waals surface area contributed by atoms with Crippen molar-refractivity contribution >= 4 is 11.3 Å². The molecular formula is C14H15N5S. The molecule has 3 rings (SSSR count). The van der Waals surface area contributed by atoms with E-state index < -0.39 is 0 Å². The summed E-state index contributed by atoms with van der Waals surface area (Å²) >= 11 is 1.70. The third-order valence-electron chi connectivity index (χ3n) is 3.17. The van der Waals surface area contributed by atoms with Crippen LogP contribution in [0.1, 0.15) is 22.2 Å². The molecule has 3 aromatic rings. The number of benzene rings is 1. The Morgan fingerprint density at radius 1 is 1.25 bits per heavy atom. The number of thiophene rings is 1. The van der Waals surface area contributed by atoms with Gasteiger partial charge >= 0.3 is 0 Å². The molecule has 0 bridgehead atoms. The van der Waals surface area contributed by atoms with E-state index in [0.29, 0.717) is 0 Å². The number of rotatable bonds is 4. The first kappa shape index (κ1) is 13.0. The predicted molar refractivity (Wildman–Crippen MR) is 79.6 cm³/mol. The van der Waals surface area contributed by atoms with Crippen molar-refractivity contribution in [2.45, 2.75) is 13.0 Å². The topological polar surface area (TPSA) is 68.8 Å². The summed E-state index contributed by atoms with van der Waals surface area (Å²) in [6.45, 7) is 2.08. The summed E-state index contributed by atoms with van der Waals surface area (Å²) in [5.41, 5.74) is 5.68. The minimum atomic E-state index is -0.140. The van der Waals surface area contributed by atoms with Gasteiger partial charge in [0.25, 0.3) is 0 Å². The fourth-order valence-electron chi connectivity index (χ4n) is 2.12. The zero-order valence-electron chi connectivity index (χ0n) is 11.0. The molecule has 0 radical (unpaired) electrons. The second-order valence-corrected chi connectivity index (χ2v) is 5.55. The Hall–Kier alpha value is -2.02. The highest BCUT2D eigenvalue weighted by Crippen LogP contribution is 2.26. The van der Waals surface area contributed by atoms with Gasteiger partial charge in [-0.2, -0.15) is 15.0 Å². The van der Waals surface area contributed by atoms with E-state index in [-0.39, 0.29) is 6.04 Å². The molecule has 0 aliphatic carbocycles. The largest absolute Gasteiger partial charge is 0.271 e. The number of aromatic nitrogens is 3. The molecule has 0 aliphatic rings. The maximum atomic E-state index is 5.69. The Morgan fingerprint density at radius 3 is 2.70 bits per heavy atom. The molecule has 0 saturated heterocycles. The van der Waals surface area contributed by atoms with Crippen molar-refractivity contribution in [3.05, 3.63) is 64.1 Å². The Bertz CT molecular complexity index is 688. The molecule has 1 atom stereocenters. The molecule has 1 unspecified atom stereocenters. The van der Waals surface area contributed by atoms with Gasteiger partial charge in [0.2, 0.25) is 0 Å². The second kappa shape index (κ2) is 5.54. The van der Waals surface area contributed by atoms with Crippen molar-refractivity contribution in [1.82, 2.24) is 20.4 Å². The molecule has 0 fully saturated rings. The van der Waals surface area contributed by atoms with Gasteiger partial charge in [0.1, 0.15) is 5.69 Å². The first-order valence-electron chi connectivity index (χ1n) is 6.27. The number of hydrazine groups is 1. The zero-order chi connectivity index (χ0) is 13.9. The van der Waals surface area contributed by atoms with Gasteiger partial charge in [-0.1, -0.05) is 18.2 Å². The Morgan fingerprint density at radius 2 is 2.05 bits per heavy atom. The van der Waals surface area contributed by atoms with Gasteiger partial charge in [-0.25, -0.2) is 5.43 Å². The number of nitrogens with zero attached hydrogens (tertiary/aromatic N) is 3. The van der Waals surface area contributed by atoms with Crippen molar-refractivity contribution in [2.75, 3.05) is 0 Å². The Balaban J connectivity index is 1.95. The number of aryl methyl sites for hydroxylation is 1. The maximum absolute atomic E-state index is 5.69. The fraction of sp³-hybridized carbons (Fsp3) is 0.143. The number of nitrogens with one attached hydrogen (secondary N) is 1. The smallest absolute Gasteiger partial charge is 0.106 e. The summed E-state index contributed by atoms with van der Waals surface area (Å²) in [4.78, 5) is 2.84. The van der Waals surface area contributed by atoms with Crippen molar-refractivity contribution in [3.8, 4) is 5.69 Å². The van der Waals surface area contributed by atoms with E-state index in [0.717, 1.165) is 16.9 Å². The fourth-order valence-corrected chi connectivity index (χ4v) is 2.86. The van der Waals surface area contributed by atoms with Crippen LogP contribution in [0.15, 0.2) is 48.0 Å². The van der Waals surface area contributed by atoms with Crippen molar-refractivity contribution in [1.29, 1.82) is 0 Å². The van der Waals surface area contributed by atoms with E-state index in [1.165, 1.54) is 4.88 Å². The summed E-state index contributed by atoms with van der Waals surface area (Å²) in [7, 11) is 0. The van der Waals surface area contributed by atoms with Crippen LogP contribution in [0.4, 0.5) is 0 Å². The van der Waals surface area contributed by atoms with E-state index in [1.54, 1.807) is 22.3 Å². The molecule has 1 aromatic carbocycles. The Labute approximate surface area is 121 Å². The second-order valence-electron chi connectivity index (χ2n) is 4.43. The van der Waals surface area contributed by atoms with Crippen LogP contribution >= 0.6 is 11.3 Å². The molecule has 2 aromatic heterocycles. The van der Waals surface area contributed by atoms with Crippen LogP contribution < -0.4 is 11.3 Å². The standard InChI is InChI=1S/C14H15N5S/c1-10-12(7-8-20-10)14(17-15)13-9-16-19(18-13)11-5-3-2-4-6-11/h2-9,14,17H,15H2,1H3. The quantitative estimate of drug-likeness (QED) is 0.569. The lowest BCUT2D eigenvalue weighted by Gasteiger charge is -2.12. The van der Waals surface area contributed by atoms with Crippen LogP contribution in [0, 0.1) is 6.92 Å². The normalized spacial score (nSPS) is 12.5. The predicted octanol–water partition coefficient (Wildman–Crippen LogP) is 2.19. The van der Waals surface area contributed by atoms with Crippen LogP contribution in [-0.2, 0) is 0 Å². The molecule has 6 heteroatoms. The monoisotopic (exact) mass is 285 g/mol. The maximum Gasteiger partial charge on any atom is 0.106 e. The molecule has 2 heterocycles. The van der Waals surface area contributed by atoms with Crippen LogP contribution in [-0.4, -0.2) is 15.0 Å². The Kier molecular flexibility index (Phi) is 3.60. The van der Waals surface area contributed by atoms with E-state index in [9.17, 15) is 0 Å². The van der Waals surface area contributed by atoms with Gasteiger partial charge in [0.15, 0.2) is 0 Å². The van der Waals surface area contributed by atoms with Crippen LogP contribution in [0.2, 0.25) is 0 Å². The zero-order valence-corrected chi connectivity index (χ0v) is 11.8. The van der Waals surface area contributed by atoms with Crippen molar-refractivity contribution < 1.29 is 0 Å². The van der Waals surface area contributed by atoms with Crippen molar-refractivity contribution in [3.63, 3.8) is 0 Å². The minimum Gasteiger partial charge on any atom is -0.271 e. The number of para-hydroxylation sites is 1. The summed E-state index contributed by atoms with van der Waals surface area (Å²) in [5.74, 6) is 5.69. The van der Waals surface area contributed by atoms with Crippen LogP contribution in [0.3, 0.4) is 0 Å². The molecule has 0 saturated carbocycles. The lowest BCUT2D eigenvalue weighted by Crippen LogP contribution is -2.29. The van der Waals surface area contributed by atoms with E-state index in [2.05, 4.69) is 34.0 Å². The number of hydrogen-bond acceptors (Lipinski definition) is 5. The van der Waals surface area contributed by atoms with Gasteiger partial charge in [-0.05, 0) is 36.1 Å². The van der Waals surface area contributed by atoms with E-state index in [4.69, 9.17) is 5.84 Å². The van der Waals surface area contributed by atoms with Crippen LogP contribution in [0.5, 0.6) is 0 Å². The minimum absolute atomic E-state index is 0.140. The third kappa shape index (κ3) is 2.36. The van der Waals surface area contributed by atoms with Crippen molar-refractivity contribution in [2.24, 2.45) is 5.84 Å². The first-order chi connectivity index (χ1) is 9.79. The van der Waals surface area contributed by atoms with Gasteiger partial charge in [0, 0.05) is 4.88 Å². The average molecular weight is 285 g/mol. The highest BCUT2D eigenvalue weighted by molar-refractivity contribution is 7.10. The summed E-state index contributed by atoms with van der Waals surface area (Å²) in [5, 5.41) is 10.9. The third-order valence-corrected chi connectivity index (χ3v) is 4.03. The van der Waals surface area contributed by atoms with Crippen LogP contribution in [0.25, 0.3) is 5.69 Å². The lowest BCUT2D eigenvalue weighted by atomic mass is 10.1. The molecule has 3 N–H and O–H groups in total. The van der Waals surface area contributed by atoms with E-state index >= 15 is 0 Å². The average Bonchev–Trinajstić information content (AvgIpc) is 3.12. The molecule has 0 spiro atoms. The molecule has 5 nitrogen and oxygen atoms in total. The lowest BCUT2D eigenvalue weighted by molar-refractivity contribution is 0.608. The first-order valence-corrected chi connectivity index (χ1v) is 7.15. The molecule has 0 aliphatic heterocycles. The van der Waals surface area contributed by atoms with Gasteiger partial charge in [-0.3, -0.25) is 5.84 Å².